The zero-order valence-electron chi connectivity index (χ0n) is 24.7. The van der Waals surface area contributed by atoms with Gasteiger partial charge in [0, 0.05) is 18.3 Å². The van der Waals surface area contributed by atoms with Crippen molar-refractivity contribution in [3.8, 4) is 0 Å². The fourth-order valence-electron chi connectivity index (χ4n) is 8.90. The molecule has 39 heavy (non-hydrogen) atoms. The maximum absolute atomic E-state index is 12.7. The normalized spacial score (nSPS) is 38.9. The zero-order valence-corrected chi connectivity index (χ0v) is 26.3. The topological polar surface area (TPSA) is 52.6 Å². The minimum Gasteiger partial charge on any atom is -0.465 e. The lowest BCUT2D eigenvalue weighted by Crippen LogP contribution is -2.37. The molecule has 4 aliphatic carbocycles. The van der Waals surface area contributed by atoms with Gasteiger partial charge in [-0.1, -0.05) is 85.5 Å². The van der Waals surface area contributed by atoms with Crippen LogP contribution >= 0.6 is 15.9 Å². The average Bonchev–Trinajstić information content (AvgIpc) is 3.46. The number of fused-ring (bicyclic) bond motifs is 2. The van der Waals surface area contributed by atoms with Crippen LogP contribution in [-0.2, 0) is 19.1 Å². The zero-order chi connectivity index (χ0) is 27.9. The second-order valence-electron chi connectivity index (χ2n) is 13.9. The third kappa shape index (κ3) is 5.72. The van der Waals surface area contributed by atoms with Crippen LogP contribution < -0.4 is 0 Å². The highest BCUT2D eigenvalue weighted by molar-refractivity contribution is 9.09. The molecule has 1 heterocycles. The summed E-state index contributed by atoms with van der Waals surface area (Å²) in [5, 5.41) is 0.237. The average molecular weight is 602 g/mol. The SMILES string of the molecule is CC(C)[C@@H](C)/C=C/[C@@H](C)C1CCC2/C(=C/[C@H]3C4=C(CC[C@H](OC(=O)CBr)C4)CC4C(=O)OCC43)CCCC21C. The minimum atomic E-state index is -0.182. The van der Waals surface area contributed by atoms with Crippen molar-refractivity contribution < 1.29 is 19.1 Å². The van der Waals surface area contributed by atoms with E-state index >= 15 is 0 Å². The molecular weight excluding hydrogens is 552 g/mol. The van der Waals surface area contributed by atoms with Crippen LogP contribution in [0.1, 0.15) is 92.4 Å². The first-order chi connectivity index (χ1) is 18.6. The standard InChI is InChI=1S/C34H49BrO4/c1-20(2)21(3)8-9-22(4)30-12-13-31-24(7-6-14-34(30,31)5)16-27-26-17-25(39-32(36)18-35)11-10-23(26)15-28-29(27)19-38-33(28)37/h8-9,16,20-22,25,27-31H,6-7,10-15,17-19H2,1-5H3/b9-8+,24-16+/t21-,22+,25-,27-,28?,29?,30?,31?,34?/m0/s1. The molecular formula is C34H49BrO4. The molecule has 5 rings (SSSR count). The summed E-state index contributed by atoms with van der Waals surface area (Å²) in [5.74, 6) is 3.49. The highest BCUT2D eigenvalue weighted by Crippen LogP contribution is 2.60. The predicted molar refractivity (Wildman–Crippen MR) is 159 cm³/mol. The number of allylic oxidation sites excluding steroid dienone is 5. The fraction of sp³-hybridized carbons (Fsp3) is 0.765. The molecule has 2 saturated carbocycles. The lowest BCUT2D eigenvalue weighted by molar-refractivity contribution is -0.146. The Morgan fingerprint density at radius 1 is 1.13 bits per heavy atom. The number of carbonyl (C=O) groups excluding carboxylic acids is 2. The van der Waals surface area contributed by atoms with E-state index in [9.17, 15) is 9.59 Å². The van der Waals surface area contributed by atoms with Crippen molar-refractivity contribution >= 4 is 27.9 Å². The number of hydrogen-bond acceptors (Lipinski definition) is 4. The van der Waals surface area contributed by atoms with Gasteiger partial charge in [0.2, 0.25) is 0 Å². The van der Waals surface area contributed by atoms with Crippen molar-refractivity contribution in [1.82, 2.24) is 0 Å². The highest BCUT2D eigenvalue weighted by atomic mass is 79.9. The van der Waals surface area contributed by atoms with Gasteiger partial charge in [0.15, 0.2) is 0 Å². The Bertz CT molecular complexity index is 1040. The first-order valence-corrected chi connectivity index (χ1v) is 16.8. The molecule has 0 aromatic rings. The second-order valence-corrected chi connectivity index (χ2v) is 14.5. The van der Waals surface area contributed by atoms with Crippen molar-refractivity contribution in [2.45, 2.75) is 98.5 Å². The van der Waals surface area contributed by atoms with E-state index in [-0.39, 0.29) is 41.1 Å². The van der Waals surface area contributed by atoms with Crippen LogP contribution in [0.4, 0.5) is 0 Å². The van der Waals surface area contributed by atoms with E-state index in [2.05, 4.69) is 68.8 Å². The molecule has 216 valence electrons. The van der Waals surface area contributed by atoms with Gasteiger partial charge in [0.05, 0.1) is 12.5 Å². The first-order valence-electron chi connectivity index (χ1n) is 15.6. The van der Waals surface area contributed by atoms with E-state index in [1.54, 1.807) is 5.57 Å². The summed E-state index contributed by atoms with van der Waals surface area (Å²) >= 11 is 3.25. The molecule has 5 unspecified atom stereocenters. The van der Waals surface area contributed by atoms with Gasteiger partial charge in [-0.05, 0) is 86.4 Å². The molecule has 1 aliphatic heterocycles. The number of hydrogen-bond donors (Lipinski definition) is 0. The maximum atomic E-state index is 12.7. The molecule has 0 aromatic heterocycles. The largest absolute Gasteiger partial charge is 0.465 e. The molecule has 0 radical (unpaired) electrons. The Hall–Kier alpha value is -1.36. The van der Waals surface area contributed by atoms with Crippen LogP contribution in [0.3, 0.4) is 0 Å². The number of halogens is 1. The smallest absolute Gasteiger partial charge is 0.316 e. The summed E-state index contributed by atoms with van der Waals surface area (Å²) < 4.78 is 11.5. The van der Waals surface area contributed by atoms with E-state index in [1.165, 1.54) is 43.3 Å². The molecule has 0 amide bonds. The molecule has 0 bridgehead atoms. The summed E-state index contributed by atoms with van der Waals surface area (Å²) in [6.07, 6.45) is 17.3. The highest BCUT2D eigenvalue weighted by Gasteiger charge is 2.52. The van der Waals surface area contributed by atoms with Gasteiger partial charge >= 0.3 is 11.9 Å². The molecule has 5 aliphatic rings. The Kier molecular flexibility index (Phi) is 8.86. The summed E-state index contributed by atoms with van der Waals surface area (Å²) in [6.45, 7) is 12.5. The monoisotopic (exact) mass is 600 g/mol. The van der Waals surface area contributed by atoms with Crippen molar-refractivity contribution in [1.29, 1.82) is 0 Å². The van der Waals surface area contributed by atoms with Crippen molar-refractivity contribution in [3.63, 3.8) is 0 Å². The van der Waals surface area contributed by atoms with Crippen LogP contribution in [0.25, 0.3) is 0 Å². The van der Waals surface area contributed by atoms with E-state index in [0.29, 0.717) is 35.7 Å². The number of carbonyl (C=O) groups is 2. The van der Waals surface area contributed by atoms with E-state index < -0.39 is 0 Å². The van der Waals surface area contributed by atoms with Gasteiger partial charge in [0.1, 0.15) is 11.4 Å². The molecule has 0 aromatic carbocycles. The summed E-state index contributed by atoms with van der Waals surface area (Å²) in [4.78, 5) is 24.8. The lowest BCUT2D eigenvalue weighted by Gasteiger charge is -2.45. The van der Waals surface area contributed by atoms with Crippen molar-refractivity contribution in [2.24, 2.45) is 52.8 Å². The molecule has 5 heteroatoms. The van der Waals surface area contributed by atoms with Gasteiger partial charge in [-0.3, -0.25) is 9.59 Å². The fourth-order valence-corrected chi connectivity index (χ4v) is 9.04. The summed E-state index contributed by atoms with van der Waals surface area (Å²) in [7, 11) is 0. The number of cyclic esters (lactones) is 1. The van der Waals surface area contributed by atoms with Crippen LogP contribution in [0, 0.1) is 52.8 Å². The van der Waals surface area contributed by atoms with Gasteiger partial charge in [0.25, 0.3) is 0 Å². The third-order valence-electron chi connectivity index (χ3n) is 11.5. The Morgan fingerprint density at radius 2 is 1.92 bits per heavy atom. The number of rotatable bonds is 7. The molecule has 4 nitrogen and oxygen atoms in total. The van der Waals surface area contributed by atoms with Crippen molar-refractivity contribution in [2.75, 3.05) is 11.9 Å². The van der Waals surface area contributed by atoms with Crippen LogP contribution in [-0.4, -0.2) is 30.0 Å². The molecule has 0 spiro atoms. The molecule has 1 saturated heterocycles. The first kappa shape index (κ1) is 29.1. The van der Waals surface area contributed by atoms with Crippen LogP contribution in [0.5, 0.6) is 0 Å². The summed E-state index contributed by atoms with van der Waals surface area (Å²) in [5.41, 5.74) is 4.85. The molecule has 3 fully saturated rings. The van der Waals surface area contributed by atoms with Gasteiger partial charge in [-0.25, -0.2) is 0 Å². The van der Waals surface area contributed by atoms with Crippen LogP contribution in [0.2, 0.25) is 0 Å². The quantitative estimate of drug-likeness (QED) is 0.168. The summed E-state index contributed by atoms with van der Waals surface area (Å²) in [6, 6.07) is 0. The van der Waals surface area contributed by atoms with Gasteiger partial charge in [-0.15, -0.1) is 0 Å². The lowest BCUT2D eigenvalue weighted by atomic mass is 9.59. The van der Waals surface area contributed by atoms with E-state index in [4.69, 9.17) is 9.47 Å². The Labute approximate surface area is 244 Å². The Balaban J connectivity index is 1.41. The predicted octanol–water partition coefficient (Wildman–Crippen LogP) is 8.21. The molecule has 9 atom stereocenters. The van der Waals surface area contributed by atoms with E-state index in [1.807, 2.05) is 0 Å². The minimum absolute atomic E-state index is 0.00607. The van der Waals surface area contributed by atoms with Crippen molar-refractivity contribution in [3.05, 3.63) is 34.9 Å². The van der Waals surface area contributed by atoms with E-state index in [0.717, 1.165) is 31.6 Å². The third-order valence-corrected chi connectivity index (χ3v) is 11.9. The van der Waals surface area contributed by atoms with Gasteiger partial charge < -0.3 is 9.47 Å². The second kappa shape index (κ2) is 11.9. The number of alkyl halides is 1. The molecule has 0 N–H and O–H groups in total. The Morgan fingerprint density at radius 3 is 2.67 bits per heavy atom. The number of ether oxygens (including phenoxy) is 2. The van der Waals surface area contributed by atoms with Crippen LogP contribution in [0.15, 0.2) is 34.9 Å². The van der Waals surface area contributed by atoms with Gasteiger partial charge in [-0.2, -0.15) is 0 Å². The maximum Gasteiger partial charge on any atom is 0.316 e. The number of esters is 2.